The maximum Gasteiger partial charge on any atom is 0.339 e. The zero-order chi connectivity index (χ0) is 13.3. The molecule has 2 rings (SSSR count). The van der Waals surface area contributed by atoms with E-state index >= 15 is 0 Å². The monoisotopic (exact) mass is 246 g/mol. The molecule has 1 N–H and O–H groups in total. The van der Waals surface area contributed by atoms with Crippen LogP contribution in [0.2, 0.25) is 0 Å². The Bertz CT molecular complexity index is 602. The minimum absolute atomic E-state index is 0.210. The number of aryl methyl sites for hydroxylation is 2. The van der Waals surface area contributed by atoms with E-state index in [-0.39, 0.29) is 5.56 Å². The summed E-state index contributed by atoms with van der Waals surface area (Å²) < 4.78 is 6.83. The van der Waals surface area contributed by atoms with Gasteiger partial charge in [-0.15, -0.1) is 0 Å². The Balaban J connectivity index is 2.74. The molecular formula is C13H14N2O3. The molecule has 1 aromatic heterocycles. The van der Waals surface area contributed by atoms with Crippen molar-refractivity contribution >= 4 is 5.97 Å². The highest BCUT2D eigenvalue weighted by atomic mass is 16.5. The van der Waals surface area contributed by atoms with E-state index < -0.39 is 5.97 Å². The van der Waals surface area contributed by atoms with Gasteiger partial charge in [0.25, 0.3) is 0 Å². The van der Waals surface area contributed by atoms with Gasteiger partial charge in [0.1, 0.15) is 11.3 Å². The van der Waals surface area contributed by atoms with Gasteiger partial charge in [0.05, 0.1) is 18.5 Å². The Morgan fingerprint density at radius 2 is 2.06 bits per heavy atom. The summed E-state index contributed by atoms with van der Waals surface area (Å²) in [5.74, 6) is -0.357. The van der Waals surface area contributed by atoms with Crippen LogP contribution in [0.1, 0.15) is 16.1 Å². The number of aromatic nitrogens is 2. The van der Waals surface area contributed by atoms with Crippen molar-refractivity contribution in [2.75, 3.05) is 7.11 Å². The second-order valence-electron chi connectivity index (χ2n) is 3.94. The van der Waals surface area contributed by atoms with Gasteiger partial charge in [0.15, 0.2) is 0 Å². The zero-order valence-electron chi connectivity index (χ0n) is 10.5. The van der Waals surface area contributed by atoms with Gasteiger partial charge in [-0.05, 0) is 19.1 Å². The van der Waals surface area contributed by atoms with Crippen molar-refractivity contribution in [3.63, 3.8) is 0 Å². The fourth-order valence-electron chi connectivity index (χ4n) is 2.06. The van der Waals surface area contributed by atoms with Crippen molar-refractivity contribution in [3.05, 3.63) is 35.5 Å². The fraction of sp³-hybridized carbons (Fsp3) is 0.231. The van der Waals surface area contributed by atoms with Gasteiger partial charge < -0.3 is 9.84 Å². The third-order valence-corrected chi connectivity index (χ3v) is 2.80. The SMILES string of the molecule is COc1ccccc1-c1c(C(=O)O)c(C)nn1C. The molecule has 0 saturated carbocycles. The van der Waals surface area contributed by atoms with Gasteiger partial charge in [-0.25, -0.2) is 4.79 Å². The molecule has 0 aliphatic rings. The molecule has 0 amide bonds. The highest BCUT2D eigenvalue weighted by molar-refractivity contribution is 5.97. The molecule has 1 aromatic carbocycles. The molecule has 0 atom stereocenters. The molecule has 0 saturated heterocycles. The van der Waals surface area contributed by atoms with Crippen LogP contribution in [-0.4, -0.2) is 28.0 Å². The lowest BCUT2D eigenvalue weighted by Crippen LogP contribution is -2.02. The van der Waals surface area contributed by atoms with E-state index in [0.29, 0.717) is 17.1 Å². The highest BCUT2D eigenvalue weighted by Crippen LogP contribution is 2.32. The first-order chi connectivity index (χ1) is 8.56. The molecule has 5 nitrogen and oxygen atoms in total. The maximum absolute atomic E-state index is 11.3. The van der Waals surface area contributed by atoms with Crippen LogP contribution in [0, 0.1) is 6.92 Å². The average Bonchev–Trinajstić information content (AvgIpc) is 2.64. The molecule has 0 spiro atoms. The van der Waals surface area contributed by atoms with Crippen molar-refractivity contribution in [1.82, 2.24) is 9.78 Å². The quantitative estimate of drug-likeness (QED) is 0.900. The molecule has 0 aliphatic carbocycles. The number of ether oxygens (including phenoxy) is 1. The van der Waals surface area contributed by atoms with E-state index in [9.17, 15) is 9.90 Å². The van der Waals surface area contributed by atoms with Crippen molar-refractivity contribution in [2.45, 2.75) is 6.92 Å². The minimum Gasteiger partial charge on any atom is -0.496 e. The summed E-state index contributed by atoms with van der Waals surface area (Å²) in [5, 5.41) is 13.5. The van der Waals surface area contributed by atoms with Crippen molar-refractivity contribution in [2.24, 2.45) is 7.05 Å². The normalized spacial score (nSPS) is 10.4. The molecule has 0 bridgehead atoms. The van der Waals surface area contributed by atoms with Crippen LogP contribution in [0.5, 0.6) is 5.75 Å². The molecule has 2 aromatic rings. The van der Waals surface area contributed by atoms with Crippen LogP contribution in [-0.2, 0) is 7.05 Å². The van der Waals surface area contributed by atoms with Gasteiger partial charge in [-0.2, -0.15) is 5.10 Å². The van der Waals surface area contributed by atoms with Gasteiger partial charge in [0.2, 0.25) is 0 Å². The third kappa shape index (κ3) is 1.84. The standard InChI is InChI=1S/C13H14N2O3/c1-8-11(13(16)17)12(15(2)14-8)9-6-4-5-7-10(9)18-3/h4-7H,1-3H3,(H,16,17). The number of methoxy groups -OCH3 is 1. The van der Waals surface area contributed by atoms with Crippen LogP contribution in [0.4, 0.5) is 0 Å². The molecule has 5 heteroatoms. The van der Waals surface area contributed by atoms with Crippen LogP contribution in [0.25, 0.3) is 11.3 Å². The topological polar surface area (TPSA) is 64.3 Å². The van der Waals surface area contributed by atoms with E-state index in [1.165, 1.54) is 0 Å². The third-order valence-electron chi connectivity index (χ3n) is 2.80. The number of hydrogen-bond donors (Lipinski definition) is 1. The van der Waals surface area contributed by atoms with Crippen LogP contribution in [0.15, 0.2) is 24.3 Å². The number of carboxylic acids is 1. The molecule has 0 unspecified atom stereocenters. The van der Waals surface area contributed by atoms with Gasteiger partial charge in [-0.1, -0.05) is 12.1 Å². The number of nitrogens with zero attached hydrogens (tertiary/aromatic N) is 2. The van der Waals surface area contributed by atoms with Gasteiger partial charge in [-0.3, -0.25) is 4.68 Å². The van der Waals surface area contributed by atoms with E-state index in [2.05, 4.69) is 5.10 Å². The maximum atomic E-state index is 11.3. The zero-order valence-corrected chi connectivity index (χ0v) is 10.5. The van der Waals surface area contributed by atoms with E-state index in [1.807, 2.05) is 18.2 Å². The molecule has 18 heavy (non-hydrogen) atoms. The van der Waals surface area contributed by atoms with E-state index in [1.54, 1.807) is 31.8 Å². The van der Waals surface area contributed by atoms with Crippen LogP contribution >= 0.6 is 0 Å². The van der Waals surface area contributed by atoms with Gasteiger partial charge >= 0.3 is 5.97 Å². The number of rotatable bonds is 3. The first-order valence-electron chi connectivity index (χ1n) is 5.46. The van der Waals surface area contributed by atoms with Gasteiger partial charge in [0, 0.05) is 12.6 Å². The van der Waals surface area contributed by atoms with Crippen LogP contribution in [0.3, 0.4) is 0 Å². The smallest absolute Gasteiger partial charge is 0.339 e. The minimum atomic E-state index is -0.985. The summed E-state index contributed by atoms with van der Waals surface area (Å²) in [5.41, 5.74) is 1.98. The lowest BCUT2D eigenvalue weighted by Gasteiger charge is -2.09. The number of benzene rings is 1. The number of hydrogen-bond acceptors (Lipinski definition) is 3. The summed E-state index contributed by atoms with van der Waals surface area (Å²) in [6.07, 6.45) is 0. The highest BCUT2D eigenvalue weighted by Gasteiger charge is 2.22. The largest absolute Gasteiger partial charge is 0.496 e. The van der Waals surface area contributed by atoms with E-state index in [0.717, 1.165) is 5.56 Å². The molecule has 1 heterocycles. The lowest BCUT2D eigenvalue weighted by atomic mass is 10.0. The summed E-state index contributed by atoms with van der Waals surface area (Å²) in [4.78, 5) is 11.3. The second-order valence-corrected chi connectivity index (χ2v) is 3.94. The van der Waals surface area contributed by atoms with Crippen LogP contribution < -0.4 is 4.74 Å². The summed E-state index contributed by atoms with van der Waals surface area (Å²) in [6, 6.07) is 7.29. The summed E-state index contributed by atoms with van der Waals surface area (Å²) in [6.45, 7) is 1.68. The summed E-state index contributed by atoms with van der Waals surface area (Å²) in [7, 11) is 3.28. The summed E-state index contributed by atoms with van der Waals surface area (Å²) >= 11 is 0. The predicted molar refractivity (Wildman–Crippen MR) is 66.9 cm³/mol. The molecular weight excluding hydrogens is 232 g/mol. The first kappa shape index (κ1) is 12.2. The fourth-order valence-corrected chi connectivity index (χ4v) is 2.06. The Labute approximate surface area is 105 Å². The van der Waals surface area contributed by atoms with E-state index in [4.69, 9.17) is 4.74 Å². The van der Waals surface area contributed by atoms with Crippen molar-refractivity contribution in [3.8, 4) is 17.0 Å². The first-order valence-corrected chi connectivity index (χ1v) is 5.46. The molecule has 94 valence electrons. The Kier molecular flexibility index (Phi) is 3.06. The number of para-hydroxylation sites is 1. The molecule has 0 radical (unpaired) electrons. The Morgan fingerprint density at radius 3 is 2.67 bits per heavy atom. The number of aromatic carboxylic acids is 1. The number of carboxylic acid groups (broad SMARTS) is 1. The number of carbonyl (C=O) groups is 1. The molecule has 0 aliphatic heterocycles. The lowest BCUT2D eigenvalue weighted by molar-refractivity contribution is 0.0697. The van der Waals surface area contributed by atoms with Crippen molar-refractivity contribution in [1.29, 1.82) is 0 Å². The average molecular weight is 246 g/mol. The Morgan fingerprint density at radius 1 is 1.39 bits per heavy atom. The Hall–Kier alpha value is -2.30. The molecule has 0 fully saturated rings. The second kappa shape index (κ2) is 4.52. The predicted octanol–water partition coefficient (Wildman–Crippen LogP) is 2.10. The van der Waals surface area contributed by atoms with Crippen molar-refractivity contribution < 1.29 is 14.6 Å².